The molecule has 1 unspecified atom stereocenters. The number of rotatable bonds is 7. The number of carboxylic acid groups (broad SMARTS) is 1. The van der Waals surface area contributed by atoms with Gasteiger partial charge in [-0.3, -0.25) is 9.59 Å². The largest absolute Gasteiger partial charge is 0.481 e. The van der Waals surface area contributed by atoms with Gasteiger partial charge >= 0.3 is 11.9 Å². The molecule has 152 valence electrons. The molecule has 0 heterocycles. The first-order valence-electron chi connectivity index (χ1n) is 9.26. The summed E-state index contributed by atoms with van der Waals surface area (Å²) < 4.78 is 29.0. The molecule has 0 aromatic heterocycles. The third-order valence-electron chi connectivity index (χ3n) is 4.84. The van der Waals surface area contributed by atoms with Crippen LogP contribution in [0.15, 0.2) is 59.5 Å². The van der Waals surface area contributed by atoms with Crippen LogP contribution >= 0.6 is 0 Å². The van der Waals surface area contributed by atoms with Gasteiger partial charge in [0, 0.05) is 11.8 Å². The number of benzene rings is 2. The lowest BCUT2D eigenvalue weighted by Crippen LogP contribution is -2.18. The Hall–Kier alpha value is -2.93. The Morgan fingerprint density at radius 1 is 1.00 bits per heavy atom. The standard InChI is InChI=1S/C22H22O6S/c1-29(26,27)17-9-7-15(8-10-17)18-11-12-19(28-21(25)14-13-20(23)24)22(18)16-5-3-2-4-6-16/h2-10,19H,11-14H2,1H3,(H,23,24). The van der Waals surface area contributed by atoms with E-state index in [1.807, 2.05) is 30.3 Å². The zero-order valence-electron chi connectivity index (χ0n) is 16.0. The van der Waals surface area contributed by atoms with Crippen molar-refractivity contribution in [1.82, 2.24) is 0 Å². The van der Waals surface area contributed by atoms with E-state index in [1.54, 1.807) is 24.3 Å². The predicted octanol–water partition coefficient (Wildman–Crippen LogP) is 3.57. The number of ether oxygens (including phenoxy) is 1. The topological polar surface area (TPSA) is 97.7 Å². The monoisotopic (exact) mass is 414 g/mol. The number of hydrogen-bond donors (Lipinski definition) is 1. The maximum absolute atomic E-state index is 12.1. The van der Waals surface area contributed by atoms with Gasteiger partial charge in [-0.05, 0) is 41.7 Å². The Morgan fingerprint density at radius 3 is 2.24 bits per heavy atom. The first-order valence-corrected chi connectivity index (χ1v) is 11.1. The minimum Gasteiger partial charge on any atom is -0.481 e. The zero-order valence-corrected chi connectivity index (χ0v) is 16.8. The molecule has 1 aliphatic rings. The predicted molar refractivity (Wildman–Crippen MR) is 109 cm³/mol. The Kier molecular flexibility index (Phi) is 6.17. The van der Waals surface area contributed by atoms with Crippen LogP contribution in [0.25, 0.3) is 11.1 Å². The van der Waals surface area contributed by atoms with E-state index in [-0.39, 0.29) is 17.7 Å². The molecule has 1 aliphatic carbocycles. The lowest BCUT2D eigenvalue weighted by atomic mass is 9.96. The van der Waals surface area contributed by atoms with Gasteiger partial charge in [0.25, 0.3) is 0 Å². The smallest absolute Gasteiger partial charge is 0.306 e. The van der Waals surface area contributed by atoms with Gasteiger partial charge in [-0.1, -0.05) is 42.5 Å². The molecule has 0 fully saturated rings. The van der Waals surface area contributed by atoms with Gasteiger partial charge in [0.2, 0.25) is 0 Å². The van der Waals surface area contributed by atoms with E-state index >= 15 is 0 Å². The lowest BCUT2D eigenvalue weighted by molar-refractivity contribution is -0.149. The van der Waals surface area contributed by atoms with Crippen LogP contribution in [0.5, 0.6) is 0 Å². The fourth-order valence-corrected chi connectivity index (χ4v) is 4.10. The van der Waals surface area contributed by atoms with Crippen LogP contribution in [-0.4, -0.2) is 37.8 Å². The summed E-state index contributed by atoms with van der Waals surface area (Å²) in [4.78, 5) is 23.1. The Labute approximate surface area is 169 Å². The highest BCUT2D eigenvalue weighted by Gasteiger charge is 2.30. The van der Waals surface area contributed by atoms with Crippen LogP contribution in [0.2, 0.25) is 0 Å². The van der Waals surface area contributed by atoms with E-state index in [2.05, 4.69) is 0 Å². The fraction of sp³-hybridized carbons (Fsp3) is 0.273. The van der Waals surface area contributed by atoms with Crippen molar-refractivity contribution in [2.75, 3.05) is 6.26 Å². The molecule has 0 saturated carbocycles. The second-order valence-electron chi connectivity index (χ2n) is 6.97. The van der Waals surface area contributed by atoms with Crippen molar-refractivity contribution < 1.29 is 27.9 Å². The third-order valence-corrected chi connectivity index (χ3v) is 5.96. The fourth-order valence-electron chi connectivity index (χ4n) is 3.47. The normalized spacial score (nSPS) is 16.7. The summed E-state index contributed by atoms with van der Waals surface area (Å²) in [6.07, 6.45) is 1.51. The number of allylic oxidation sites excluding steroid dienone is 1. The number of hydrogen-bond acceptors (Lipinski definition) is 5. The molecule has 0 bridgehead atoms. The number of sulfone groups is 1. The van der Waals surface area contributed by atoms with Crippen molar-refractivity contribution in [3.05, 3.63) is 65.7 Å². The molecule has 1 N–H and O–H groups in total. The maximum Gasteiger partial charge on any atom is 0.306 e. The van der Waals surface area contributed by atoms with E-state index in [9.17, 15) is 18.0 Å². The van der Waals surface area contributed by atoms with Crippen molar-refractivity contribution >= 4 is 32.9 Å². The van der Waals surface area contributed by atoms with Gasteiger partial charge in [-0.2, -0.15) is 0 Å². The zero-order chi connectivity index (χ0) is 21.0. The molecule has 2 aromatic rings. The molecule has 0 aliphatic heterocycles. The minimum atomic E-state index is -3.28. The van der Waals surface area contributed by atoms with E-state index in [0.29, 0.717) is 12.8 Å². The van der Waals surface area contributed by atoms with Gasteiger partial charge in [-0.15, -0.1) is 0 Å². The number of carboxylic acids is 1. The van der Waals surface area contributed by atoms with Gasteiger partial charge < -0.3 is 9.84 Å². The van der Waals surface area contributed by atoms with Crippen LogP contribution in [0, 0.1) is 0 Å². The van der Waals surface area contributed by atoms with Gasteiger partial charge in [0.15, 0.2) is 9.84 Å². The second-order valence-corrected chi connectivity index (χ2v) is 8.98. The highest BCUT2D eigenvalue weighted by molar-refractivity contribution is 7.90. The first-order chi connectivity index (χ1) is 13.8. The third kappa shape index (κ3) is 5.12. The SMILES string of the molecule is CS(=O)(=O)c1ccc(C2=C(c3ccccc3)C(OC(=O)CCC(=O)O)CC2)cc1. The lowest BCUT2D eigenvalue weighted by Gasteiger charge is -2.17. The number of esters is 1. The number of aliphatic carboxylic acids is 1. The molecular formula is C22H22O6S. The van der Waals surface area contributed by atoms with E-state index < -0.39 is 27.9 Å². The highest BCUT2D eigenvalue weighted by Crippen LogP contribution is 2.41. The van der Waals surface area contributed by atoms with Crippen molar-refractivity contribution in [3.63, 3.8) is 0 Å². The molecule has 1 atom stereocenters. The van der Waals surface area contributed by atoms with Crippen LogP contribution in [0.3, 0.4) is 0 Å². The highest BCUT2D eigenvalue weighted by atomic mass is 32.2. The molecule has 6 nitrogen and oxygen atoms in total. The van der Waals surface area contributed by atoms with Gasteiger partial charge in [0.05, 0.1) is 17.7 Å². The molecule has 0 amide bonds. The summed E-state index contributed by atoms with van der Waals surface area (Å²) in [5.41, 5.74) is 3.66. The maximum atomic E-state index is 12.1. The summed E-state index contributed by atoms with van der Waals surface area (Å²) in [7, 11) is -3.28. The average Bonchev–Trinajstić information content (AvgIpc) is 3.10. The summed E-state index contributed by atoms with van der Waals surface area (Å²) in [5.74, 6) is -1.58. The van der Waals surface area contributed by atoms with Crippen LogP contribution < -0.4 is 0 Å². The number of carbonyl (C=O) groups excluding carboxylic acids is 1. The van der Waals surface area contributed by atoms with Crippen molar-refractivity contribution in [1.29, 1.82) is 0 Å². The summed E-state index contributed by atoms with van der Waals surface area (Å²) in [5, 5.41) is 8.76. The van der Waals surface area contributed by atoms with Gasteiger partial charge in [-0.25, -0.2) is 8.42 Å². The molecule has 3 rings (SSSR count). The van der Waals surface area contributed by atoms with Crippen molar-refractivity contribution in [2.24, 2.45) is 0 Å². The van der Waals surface area contributed by atoms with Crippen LogP contribution in [0.1, 0.15) is 36.8 Å². The van der Waals surface area contributed by atoms with Crippen molar-refractivity contribution in [2.45, 2.75) is 36.7 Å². The van der Waals surface area contributed by atoms with E-state index in [1.165, 1.54) is 6.26 Å². The molecular weight excluding hydrogens is 392 g/mol. The molecule has 0 spiro atoms. The summed E-state index contributed by atoms with van der Waals surface area (Å²) >= 11 is 0. The Bertz CT molecular complexity index is 1040. The average molecular weight is 414 g/mol. The van der Waals surface area contributed by atoms with E-state index in [0.717, 1.165) is 22.3 Å². The van der Waals surface area contributed by atoms with E-state index in [4.69, 9.17) is 9.84 Å². The minimum absolute atomic E-state index is 0.174. The van der Waals surface area contributed by atoms with Crippen molar-refractivity contribution in [3.8, 4) is 0 Å². The Balaban J connectivity index is 1.95. The molecule has 29 heavy (non-hydrogen) atoms. The molecule has 0 radical (unpaired) electrons. The molecule has 7 heteroatoms. The number of carbonyl (C=O) groups is 2. The summed E-state index contributed by atoms with van der Waals surface area (Å²) in [6, 6.07) is 16.2. The van der Waals surface area contributed by atoms with Crippen LogP contribution in [-0.2, 0) is 24.2 Å². The van der Waals surface area contributed by atoms with Gasteiger partial charge in [0.1, 0.15) is 6.10 Å². The second kappa shape index (κ2) is 8.61. The first kappa shape index (κ1) is 20.8. The van der Waals surface area contributed by atoms with Crippen LogP contribution in [0.4, 0.5) is 0 Å². The Morgan fingerprint density at radius 2 is 1.66 bits per heavy atom. The molecule has 0 saturated heterocycles. The summed E-state index contributed by atoms with van der Waals surface area (Å²) in [6.45, 7) is 0. The quantitative estimate of drug-likeness (QED) is 0.696. The molecule has 2 aromatic carbocycles.